The van der Waals surface area contributed by atoms with E-state index in [1.54, 1.807) is 0 Å². The van der Waals surface area contributed by atoms with Crippen LogP contribution in [0.25, 0.3) is 0 Å². The molecule has 0 radical (unpaired) electrons. The average molecular weight is 259 g/mol. The lowest BCUT2D eigenvalue weighted by molar-refractivity contribution is -0.126. The first kappa shape index (κ1) is 14.3. The Labute approximate surface area is 116 Å². The maximum atomic E-state index is 11.8. The van der Waals surface area contributed by atoms with Gasteiger partial charge in [-0.15, -0.1) is 0 Å². The van der Waals surface area contributed by atoms with Crippen molar-refractivity contribution in [3.8, 4) is 0 Å². The maximum absolute atomic E-state index is 11.8. The lowest BCUT2D eigenvalue weighted by atomic mass is 9.92. The predicted molar refractivity (Wildman–Crippen MR) is 79.3 cm³/mol. The van der Waals surface area contributed by atoms with Crippen LogP contribution in [0.2, 0.25) is 0 Å². The molecule has 1 saturated heterocycles. The molecule has 1 atom stereocenters. The van der Waals surface area contributed by atoms with Crippen LogP contribution in [-0.4, -0.2) is 23.8 Å². The van der Waals surface area contributed by atoms with E-state index in [-0.39, 0.29) is 5.92 Å². The number of carbonyl (C=O) groups excluding carboxylic acids is 1. The summed E-state index contributed by atoms with van der Waals surface area (Å²) in [6, 6.07) is 4.52. The summed E-state index contributed by atoms with van der Waals surface area (Å²) in [6.07, 6.45) is 1.70. The summed E-state index contributed by atoms with van der Waals surface area (Å²) < 4.78 is 0. The third-order valence-corrected chi connectivity index (χ3v) is 4.32. The third kappa shape index (κ3) is 3.24. The van der Waals surface area contributed by atoms with Gasteiger partial charge >= 0.3 is 0 Å². The van der Waals surface area contributed by atoms with Crippen molar-refractivity contribution < 1.29 is 4.79 Å². The molecule has 2 rings (SSSR count). The van der Waals surface area contributed by atoms with Crippen LogP contribution >= 0.6 is 0 Å². The van der Waals surface area contributed by atoms with Gasteiger partial charge in [-0.1, -0.05) is 24.6 Å². The summed E-state index contributed by atoms with van der Waals surface area (Å²) in [4.78, 5) is 14.2. The fourth-order valence-electron chi connectivity index (χ4n) is 3.16. The Morgan fingerprint density at radius 1 is 1.21 bits per heavy atom. The lowest BCUT2D eigenvalue weighted by Crippen LogP contribution is -2.40. The molecule has 1 unspecified atom stereocenters. The molecule has 1 aromatic rings. The topological polar surface area (TPSA) is 20.3 Å². The molecule has 0 spiro atoms. The summed E-state index contributed by atoms with van der Waals surface area (Å²) in [6.45, 7) is 11.5. The summed E-state index contributed by atoms with van der Waals surface area (Å²) in [7, 11) is 0. The second-order valence-corrected chi connectivity index (χ2v) is 5.93. The van der Waals surface area contributed by atoms with Gasteiger partial charge in [-0.25, -0.2) is 0 Å². The number of carbonyl (C=O) groups is 1. The fraction of sp³-hybridized carbons (Fsp3) is 0.588. The zero-order valence-electron chi connectivity index (χ0n) is 12.6. The second kappa shape index (κ2) is 5.87. The quantitative estimate of drug-likeness (QED) is 0.829. The summed E-state index contributed by atoms with van der Waals surface area (Å²) >= 11 is 0. The molecule has 0 saturated carbocycles. The van der Waals surface area contributed by atoms with Crippen LogP contribution in [0.3, 0.4) is 0 Å². The fourth-order valence-corrected chi connectivity index (χ4v) is 3.16. The SMILES string of the molecule is CCC1CN(Cc2c(C)cc(C)cc2C)CCC1=O. The van der Waals surface area contributed by atoms with Gasteiger partial charge in [0.15, 0.2) is 0 Å². The van der Waals surface area contributed by atoms with Crippen molar-refractivity contribution in [2.45, 2.75) is 47.1 Å². The highest BCUT2D eigenvalue weighted by atomic mass is 16.1. The van der Waals surface area contributed by atoms with Gasteiger partial charge in [0.25, 0.3) is 0 Å². The standard InChI is InChI=1S/C17H25NO/c1-5-15-10-18(7-6-17(15)19)11-16-13(3)8-12(2)9-14(16)4/h8-9,15H,5-7,10-11H2,1-4H3. The first-order valence-electron chi connectivity index (χ1n) is 7.33. The van der Waals surface area contributed by atoms with Gasteiger partial charge in [-0.3, -0.25) is 9.69 Å². The van der Waals surface area contributed by atoms with E-state index in [4.69, 9.17) is 0 Å². The lowest BCUT2D eigenvalue weighted by Gasteiger charge is -2.32. The largest absolute Gasteiger partial charge is 0.299 e. The van der Waals surface area contributed by atoms with Gasteiger partial charge in [-0.2, -0.15) is 0 Å². The highest BCUT2D eigenvalue weighted by Gasteiger charge is 2.26. The molecule has 1 aromatic carbocycles. The average Bonchev–Trinajstić information content (AvgIpc) is 2.35. The molecule has 104 valence electrons. The van der Waals surface area contributed by atoms with E-state index in [1.807, 2.05) is 0 Å². The Morgan fingerprint density at radius 2 is 1.84 bits per heavy atom. The van der Waals surface area contributed by atoms with Gasteiger partial charge in [0.1, 0.15) is 5.78 Å². The van der Waals surface area contributed by atoms with E-state index in [0.29, 0.717) is 5.78 Å². The van der Waals surface area contributed by atoms with Crippen LogP contribution in [0.4, 0.5) is 0 Å². The van der Waals surface area contributed by atoms with E-state index in [2.05, 4.69) is 44.7 Å². The van der Waals surface area contributed by atoms with Crippen molar-refractivity contribution in [1.82, 2.24) is 4.90 Å². The van der Waals surface area contributed by atoms with Gasteiger partial charge < -0.3 is 0 Å². The van der Waals surface area contributed by atoms with Gasteiger partial charge in [-0.05, 0) is 43.9 Å². The number of Topliss-reactive ketones (excluding diaryl/α,β-unsaturated/α-hetero) is 1. The Hall–Kier alpha value is -1.15. The third-order valence-electron chi connectivity index (χ3n) is 4.32. The van der Waals surface area contributed by atoms with Crippen LogP contribution in [0, 0.1) is 26.7 Å². The number of nitrogens with zero attached hydrogens (tertiary/aromatic N) is 1. The molecule has 2 nitrogen and oxygen atoms in total. The zero-order chi connectivity index (χ0) is 14.0. The van der Waals surface area contributed by atoms with Crippen molar-refractivity contribution in [3.05, 3.63) is 34.4 Å². The van der Waals surface area contributed by atoms with E-state index in [1.165, 1.54) is 22.3 Å². The van der Waals surface area contributed by atoms with E-state index >= 15 is 0 Å². The number of benzene rings is 1. The molecular weight excluding hydrogens is 234 g/mol. The second-order valence-electron chi connectivity index (χ2n) is 5.93. The molecule has 0 bridgehead atoms. The van der Waals surface area contributed by atoms with Gasteiger partial charge in [0.2, 0.25) is 0 Å². The smallest absolute Gasteiger partial charge is 0.138 e. The summed E-state index contributed by atoms with van der Waals surface area (Å²) in [5, 5.41) is 0. The van der Waals surface area contributed by atoms with Gasteiger partial charge in [0, 0.05) is 32.0 Å². The number of hydrogen-bond acceptors (Lipinski definition) is 2. The van der Waals surface area contributed by atoms with Crippen molar-refractivity contribution in [1.29, 1.82) is 0 Å². The van der Waals surface area contributed by atoms with Crippen molar-refractivity contribution in [2.24, 2.45) is 5.92 Å². The Kier molecular flexibility index (Phi) is 4.41. The summed E-state index contributed by atoms with van der Waals surface area (Å²) in [5.74, 6) is 0.705. The highest BCUT2D eigenvalue weighted by molar-refractivity contribution is 5.82. The first-order chi connectivity index (χ1) is 9.01. The Balaban J connectivity index is 2.12. The molecule has 0 amide bonds. The van der Waals surface area contributed by atoms with Crippen molar-refractivity contribution >= 4 is 5.78 Å². The normalized spacial score (nSPS) is 20.8. The van der Waals surface area contributed by atoms with Crippen molar-refractivity contribution in [3.63, 3.8) is 0 Å². The molecule has 19 heavy (non-hydrogen) atoms. The zero-order valence-corrected chi connectivity index (χ0v) is 12.6. The number of aryl methyl sites for hydroxylation is 3. The van der Waals surface area contributed by atoms with Crippen LogP contribution in [-0.2, 0) is 11.3 Å². The minimum atomic E-state index is 0.250. The minimum absolute atomic E-state index is 0.250. The first-order valence-corrected chi connectivity index (χ1v) is 7.33. The maximum Gasteiger partial charge on any atom is 0.138 e. The molecule has 0 N–H and O–H groups in total. The number of ketones is 1. The van der Waals surface area contributed by atoms with E-state index in [0.717, 1.165) is 32.5 Å². The van der Waals surface area contributed by atoms with Crippen LogP contribution in [0.15, 0.2) is 12.1 Å². The molecule has 1 aliphatic rings. The van der Waals surface area contributed by atoms with Crippen molar-refractivity contribution in [2.75, 3.05) is 13.1 Å². The molecule has 2 heteroatoms. The predicted octanol–water partition coefficient (Wildman–Crippen LogP) is 3.41. The Bertz CT molecular complexity index is 455. The number of piperidine rings is 1. The molecule has 0 aromatic heterocycles. The van der Waals surface area contributed by atoms with Crippen LogP contribution in [0.5, 0.6) is 0 Å². The number of likely N-dealkylation sites (tertiary alicyclic amines) is 1. The van der Waals surface area contributed by atoms with Crippen LogP contribution < -0.4 is 0 Å². The van der Waals surface area contributed by atoms with Crippen LogP contribution in [0.1, 0.15) is 42.0 Å². The van der Waals surface area contributed by atoms with E-state index in [9.17, 15) is 4.79 Å². The minimum Gasteiger partial charge on any atom is -0.299 e. The molecular formula is C17H25NO. The molecule has 1 fully saturated rings. The Morgan fingerprint density at radius 3 is 2.42 bits per heavy atom. The highest BCUT2D eigenvalue weighted by Crippen LogP contribution is 2.22. The molecule has 1 heterocycles. The number of rotatable bonds is 3. The van der Waals surface area contributed by atoms with E-state index < -0.39 is 0 Å². The van der Waals surface area contributed by atoms with Gasteiger partial charge in [0.05, 0.1) is 0 Å². The monoisotopic (exact) mass is 259 g/mol. The molecule has 1 aliphatic heterocycles. The summed E-state index contributed by atoms with van der Waals surface area (Å²) in [5.41, 5.74) is 5.53. The molecule has 0 aliphatic carbocycles. The number of hydrogen-bond donors (Lipinski definition) is 0.